The third kappa shape index (κ3) is 2.68. The number of ether oxygens (including phenoxy) is 2. The fraction of sp³-hybridized carbons (Fsp3) is 0.417. The van der Waals surface area contributed by atoms with E-state index in [1.54, 1.807) is 7.05 Å². The number of hydrogen-bond acceptors (Lipinski definition) is 4. The highest BCUT2D eigenvalue weighted by atomic mass is 16.7. The molecule has 1 unspecified atom stereocenters. The number of nitrogens with one attached hydrogen (secondary N) is 2. The van der Waals surface area contributed by atoms with E-state index >= 15 is 0 Å². The molecule has 1 aliphatic rings. The van der Waals surface area contributed by atoms with Gasteiger partial charge in [-0.05, 0) is 24.6 Å². The summed E-state index contributed by atoms with van der Waals surface area (Å²) in [5, 5.41) is 5.73. The Morgan fingerprint density at radius 2 is 2.18 bits per heavy atom. The van der Waals surface area contributed by atoms with E-state index in [-0.39, 0.29) is 18.7 Å². The number of amides is 1. The van der Waals surface area contributed by atoms with Crippen LogP contribution in [0.25, 0.3) is 0 Å². The number of hydrogen-bond donors (Lipinski definition) is 2. The molecule has 5 heteroatoms. The number of fused-ring (bicyclic) bond motifs is 1. The average molecular weight is 236 g/mol. The zero-order valence-corrected chi connectivity index (χ0v) is 9.95. The highest BCUT2D eigenvalue weighted by Gasteiger charge is 2.14. The standard InChI is InChI=1S/C12H16N2O3/c1-8(12(15)13-2)14-6-9-3-4-10-11(5-9)17-7-16-10/h3-5,8,14H,6-7H2,1-2H3,(H,13,15). The van der Waals surface area contributed by atoms with E-state index in [0.29, 0.717) is 6.54 Å². The molecule has 1 heterocycles. The van der Waals surface area contributed by atoms with Crippen molar-refractivity contribution in [2.75, 3.05) is 13.8 Å². The minimum absolute atomic E-state index is 0.0225. The second kappa shape index (κ2) is 5.05. The smallest absolute Gasteiger partial charge is 0.236 e. The minimum atomic E-state index is -0.217. The van der Waals surface area contributed by atoms with Gasteiger partial charge in [-0.1, -0.05) is 6.07 Å². The van der Waals surface area contributed by atoms with Crippen molar-refractivity contribution in [1.29, 1.82) is 0 Å². The minimum Gasteiger partial charge on any atom is -0.454 e. The largest absolute Gasteiger partial charge is 0.454 e. The van der Waals surface area contributed by atoms with Crippen molar-refractivity contribution in [3.05, 3.63) is 23.8 Å². The molecule has 2 rings (SSSR count). The molecule has 1 amide bonds. The van der Waals surface area contributed by atoms with Crippen molar-refractivity contribution in [2.24, 2.45) is 0 Å². The summed E-state index contributed by atoms with van der Waals surface area (Å²) in [6.45, 7) is 2.72. The van der Waals surface area contributed by atoms with Crippen molar-refractivity contribution >= 4 is 5.91 Å². The molecule has 0 radical (unpaired) electrons. The molecule has 0 aliphatic carbocycles. The van der Waals surface area contributed by atoms with Gasteiger partial charge in [0.25, 0.3) is 0 Å². The lowest BCUT2D eigenvalue weighted by Gasteiger charge is -2.12. The van der Waals surface area contributed by atoms with E-state index < -0.39 is 0 Å². The van der Waals surface area contributed by atoms with Gasteiger partial charge in [-0.25, -0.2) is 0 Å². The van der Waals surface area contributed by atoms with Crippen molar-refractivity contribution in [1.82, 2.24) is 10.6 Å². The number of benzene rings is 1. The molecular weight excluding hydrogens is 220 g/mol. The molecule has 1 atom stereocenters. The Hall–Kier alpha value is -1.75. The maximum atomic E-state index is 11.3. The number of carbonyl (C=O) groups excluding carboxylic acids is 1. The molecular formula is C12H16N2O3. The number of carbonyl (C=O) groups is 1. The van der Waals surface area contributed by atoms with Crippen molar-refractivity contribution in [2.45, 2.75) is 19.5 Å². The molecule has 0 spiro atoms. The monoisotopic (exact) mass is 236 g/mol. The highest BCUT2D eigenvalue weighted by Crippen LogP contribution is 2.32. The molecule has 5 nitrogen and oxygen atoms in total. The van der Waals surface area contributed by atoms with E-state index in [1.807, 2.05) is 25.1 Å². The Labute approximate surface area is 100 Å². The van der Waals surface area contributed by atoms with Crippen LogP contribution in [0.3, 0.4) is 0 Å². The summed E-state index contributed by atoms with van der Waals surface area (Å²) >= 11 is 0. The zero-order chi connectivity index (χ0) is 12.3. The van der Waals surface area contributed by atoms with Crippen LogP contribution in [0.2, 0.25) is 0 Å². The van der Waals surface area contributed by atoms with E-state index in [2.05, 4.69) is 10.6 Å². The van der Waals surface area contributed by atoms with Crippen LogP contribution in [-0.2, 0) is 11.3 Å². The molecule has 2 N–H and O–H groups in total. The second-order valence-electron chi connectivity index (χ2n) is 3.90. The summed E-state index contributed by atoms with van der Waals surface area (Å²) in [4.78, 5) is 11.3. The first kappa shape index (κ1) is 11.7. The molecule has 0 saturated heterocycles. The van der Waals surface area contributed by atoms with Crippen LogP contribution in [0, 0.1) is 0 Å². The lowest BCUT2D eigenvalue weighted by molar-refractivity contribution is -0.122. The van der Waals surface area contributed by atoms with Gasteiger partial charge in [-0.15, -0.1) is 0 Å². The Kier molecular flexibility index (Phi) is 3.49. The van der Waals surface area contributed by atoms with E-state index in [0.717, 1.165) is 17.1 Å². The Bertz CT molecular complexity index is 420. The van der Waals surface area contributed by atoms with Gasteiger partial charge in [0.05, 0.1) is 6.04 Å². The summed E-state index contributed by atoms with van der Waals surface area (Å²) in [7, 11) is 1.63. The van der Waals surface area contributed by atoms with Gasteiger partial charge in [0.15, 0.2) is 11.5 Å². The van der Waals surface area contributed by atoms with Crippen LogP contribution >= 0.6 is 0 Å². The van der Waals surface area contributed by atoms with Crippen LogP contribution in [0.4, 0.5) is 0 Å². The summed E-state index contributed by atoms with van der Waals surface area (Å²) in [6, 6.07) is 5.54. The Morgan fingerprint density at radius 3 is 2.94 bits per heavy atom. The molecule has 0 aromatic heterocycles. The topological polar surface area (TPSA) is 59.6 Å². The predicted molar refractivity (Wildman–Crippen MR) is 62.9 cm³/mol. The summed E-state index contributed by atoms with van der Waals surface area (Å²) in [5.74, 6) is 1.51. The van der Waals surface area contributed by atoms with Crippen LogP contribution in [0.15, 0.2) is 18.2 Å². The van der Waals surface area contributed by atoms with Gasteiger partial charge in [0.2, 0.25) is 12.7 Å². The average Bonchev–Trinajstić information content (AvgIpc) is 2.82. The van der Waals surface area contributed by atoms with E-state index in [9.17, 15) is 4.79 Å². The van der Waals surface area contributed by atoms with Gasteiger partial charge in [-0.3, -0.25) is 4.79 Å². The van der Waals surface area contributed by atoms with E-state index in [4.69, 9.17) is 9.47 Å². The van der Waals surface area contributed by atoms with Crippen LogP contribution in [0.5, 0.6) is 11.5 Å². The van der Waals surface area contributed by atoms with Crippen molar-refractivity contribution < 1.29 is 14.3 Å². The predicted octanol–water partition coefficient (Wildman–Crippen LogP) is 0.639. The molecule has 1 aromatic carbocycles. The maximum Gasteiger partial charge on any atom is 0.236 e. The Morgan fingerprint density at radius 1 is 1.41 bits per heavy atom. The third-order valence-electron chi connectivity index (χ3n) is 2.69. The van der Waals surface area contributed by atoms with Crippen molar-refractivity contribution in [3.63, 3.8) is 0 Å². The molecule has 0 bridgehead atoms. The van der Waals surface area contributed by atoms with Gasteiger partial charge >= 0.3 is 0 Å². The maximum absolute atomic E-state index is 11.3. The van der Waals surface area contributed by atoms with Gasteiger partial charge in [0.1, 0.15) is 0 Å². The summed E-state index contributed by atoms with van der Waals surface area (Å²) in [5.41, 5.74) is 1.06. The fourth-order valence-corrected chi connectivity index (χ4v) is 1.63. The Balaban J connectivity index is 1.93. The normalized spacial score (nSPS) is 14.5. The molecule has 0 fully saturated rings. The molecule has 0 saturated carbocycles. The first-order valence-corrected chi connectivity index (χ1v) is 5.54. The lowest BCUT2D eigenvalue weighted by atomic mass is 10.2. The first-order valence-electron chi connectivity index (χ1n) is 5.54. The summed E-state index contributed by atoms with van der Waals surface area (Å²) < 4.78 is 10.5. The first-order chi connectivity index (χ1) is 8.20. The molecule has 1 aromatic rings. The quantitative estimate of drug-likeness (QED) is 0.805. The van der Waals surface area contributed by atoms with Gasteiger partial charge in [-0.2, -0.15) is 0 Å². The number of rotatable bonds is 4. The van der Waals surface area contributed by atoms with Gasteiger partial charge in [0, 0.05) is 13.6 Å². The van der Waals surface area contributed by atoms with E-state index in [1.165, 1.54) is 0 Å². The lowest BCUT2D eigenvalue weighted by Crippen LogP contribution is -2.40. The highest BCUT2D eigenvalue weighted by molar-refractivity contribution is 5.80. The molecule has 17 heavy (non-hydrogen) atoms. The number of likely N-dealkylation sites (N-methyl/N-ethyl adjacent to an activating group) is 1. The zero-order valence-electron chi connectivity index (χ0n) is 9.95. The molecule has 92 valence electrons. The van der Waals surface area contributed by atoms with Gasteiger partial charge < -0.3 is 20.1 Å². The van der Waals surface area contributed by atoms with Crippen LogP contribution in [-0.4, -0.2) is 25.8 Å². The van der Waals surface area contributed by atoms with Crippen LogP contribution < -0.4 is 20.1 Å². The fourth-order valence-electron chi connectivity index (χ4n) is 1.63. The third-order valence-corrected chi connectivity index (χ3v) is 2.69. The molecule has 1 aliphatic heterocycles. The summed E-state index contributed by atoms with van der Waals surface area (Å²) in [6.07, 6.45) is 0. The van der Waals surface area contributed by atoms with Crippen LogP contribution in [0.1, 0.15) is 12.5 Å². The SMILES string of the molecule is CNC(=O)C(C)NCc1ccc2c(c1)OCO2. The second-order valence-corrected chi connectivity index (χ2v) is 3.90. The van der Waals surface area contributed by atoms with Crippen molar-refractivity contribution in [3.8, 4) is 11.5 Å².